The fraction of sp³-hybridized carbons (Fsp3) is 0.538. The maximum atomic E-state index is 13.2. The number of aromatic nitrogens is 4. The largest absolute Gasteiger partial charge is 0.476 e. The van der Waals surface area contributed by atoms with Crippen LogP contribution in [0.25, 0.3) is 11.0 Å². The van der Waals surface area contributed by atoms with Crippen LogP contribution >= 0.6 is 0 Å². The van der Waals surface area contributed by atoms with Crippen LogP contribution in [0.2, 0.25) is 0 Å². The van der Waals surface area contributed by atoms with Crippen LogP contribution in [0, 0.1) is 6.92 Å². The molecule has 8 nitrogen and oxygen atoms in total. The van der Waals surface area contributed by atoms with Gasteiger partial charge in [-0.1, -0.05) is 32.4 Å². The third kappa shape index (κ3) is 5.32. The molecule has 0 saturated heterocycles. The van der Waals surface area contributed by atoms with Crippen LogP contribution in [0.15, 0.2) is 29.1 Å². The van der Waals surface area contributed by atoms with Crippen molar-refractivity contribution in [3.8, 4) is 5.75 Å². The van der Waals surface area contributed by atoms with Gasteiger partial charge in [-0.15, -0.1) is 0 Å². The van der Waals surface area contributed by atoms with E-state index in [1.54, 1.807) is 30.1 Å². The molecule has 0 fully saturated rings. The molecule has 0 bridgehead atoms. The van der Waals surface area contributed by atoms with Crippen LogP contribution in [0.5, 0.6) is 5.75 Å². The van der Waals surface area contributed by atoms with Crippen molar-refractivity contribution in [2.45, 2.75) is 78.9 Å². The third-order valence-electron chi connectivity index (χ3n) is 6.16. The number of rotatable bonds is 11. The van der Waals surface area contributed by atoms with Gasteiger partial charge in [0.05, 0.1) is 12.3 Å². The number of hydrogen-bond donors (Lipinski definition) is 0. The molecule has 0 radical (unpaired) electrons. The predicted octanol–water partition coefficient (Wildman–Crippen LogP) is 4.13. The molecule has 0 aliphatic carbocycles. The van der Waals surface area contributed by atoms with Gasteiger partial charge in [-0.3, -0.25) is 14.0 Å². The topological polar surface area (TPSA) is 88.2 Å². The monoisotopic (exact) mass is 468 g/mol. The maximum absolute atomic E-state index is 13.2. The van der Waals surface area contributed by atoms with E-state index in [4.69, 9.17) is 14.5 Å². The molecular formula is C26H36N4O4. The van der Waals surface area contributed by atoms with E-state index >= 15 is 0 Å². The Kier molecular flexibility index (Phi) is 8.12. The number of carbonyl (C=O) groups excluding carboxylic acids is 1. The molecule has 0 aliphatic heterocycles. The summed E-state index contributed by atoms with van der Waals surface area (Å²) < 4.78 is 14.6. The lowest BCUT2D eigenvalue weighted by molar-refractivity contribution is -0.160. The first-order chi connectivity index (χ1) is 16.2. The highest BCUT2D eigenvalue weighted by Gasteiger charge is 2.35. The minimum Gasteiger partial charge on any atom is -0.476 e. The van der Waals surface area contributed by atoms with E-state index in [9.17, 15) is 9.59 Å². The van der Waals surface area contributed by atoms with Crippen molar-refractivity contribution in [2.75, 3.05) is 6.61 Å². The summed E-state index contributed by atoms with van der Waals surface area (Å²) >= 11 is 0. The summed E-state index contributed by atoms with van der Waals surface area (Å²) in [6.45, 7) is 10.3. The molecule has 3 aromatic rings. The zero-order valence-electron chi connectivity index (χ0n) is 21.2. The molecule has 0 amide bonds. The van der Waals surface area contributed by atoms with Crippen LogP contribution in [0.1, 0.15) is 64.0 Å². The van der Waals surface area contributed by atoms with Gasteiger partial charge in [-0.05, 0) is 64.2 Å². The van der Waals surface area contributed by atoms with Crippen LogP contribution in [-0.4, -0.2) is 37.5 Å². The molecule has 1 aromatic carbocycles. The molecule has 34 heavy (non-hydrogen) atoms. The van der Waals surface area contributed by atoms with Crippen molar-refractivity contribution in [3.05, 3.63) is 51.7 Å². The van der Waals surface area contributed by atoms with E-state index in [1.165, 1.54) is 0 Å². The molecule has 0 aliphatic rings. The molecule has 184 valence electrons. The van der Waals surface area contributed by atoms with Gasteiger partial charge in [0.1, 0.15) is 17.1 Å². The smallest absolute Gasteiger partial charge is 0.350 e. The lowest BCUT2D eigenvalue weighted by Crippen LogP contribution is -2.42. The highest BCUT2D eigenvalue weighted by Crippen LogP contribution is 2.24. The van der Waals surface area contributed by atoms with Gasteiger partial charge >= 0.3 is 5.97 Å². The van der Waals surface area contributed by atoms with Gasteiger partial charge in [0, 0.05) is 13.6 Å². The number of carbonyl (C=O) groups is 1. The zero-order valence-corrected chi connectivity index (χ0v) is 21.2. The Bertz CT molecular complexity index is 1210. The SMILES string of the molecule is CCCc1nn(C)c2c(=O)n(CCCc3cccc(OC(C)(CC)C(=O)OCC)c3)c(C)nc12. The summed E-state index contributed by atoms with van der Waals surface area (Å²) in [5.74, 6) is 0.968. The fourth-order valence-corrected chi connectivity index (χ4v) is 4.10. The molecule has 2 aromatic heterocycles. The van der Waals surface area contributed by atoms with Crippen LogP contribution in [0.4, 0.5) is 0 Å². The van der Waals surface area contributed by atoms with Crippen molar-refractivity contribution >= 4 is 17.0 Å². The normalized spacial score (nSPS) is 13.1. The summed E-state index contributed by atoms with van der Waals surface area (Å²) in [4.78, 5) is 30.2. The first-order valence-corrected chi connectivity index (χ1v) is 12.1. The van der Waals surface area contributed by atoms with E-state index in [0.717, 1.165) is 36.9 Å². The number of ether oxygens (including phenoxy) is 2. The van der Waals surface area contributed by atoms with E-state index in [0.29, 0.717) is 42.2 Å². The Morgan fingerprint density at radius 1 is 1.18 bits per heavy atom. The summed E-state index contributed by atoms with van der Waals surface area (Å²) in [5.41, 5.74) is 2.15. The lowest BCUT2D eigenvalue weighted by atomic mass is 10.0. The van der Waals surface area contributed by atoms with Gasteiger partial charge in [0.2, 0.25) is 5.60 Å². The predicted molar refractivity (Wildman–Crippen MR) is 132 cm³/mol. The van der Waals surface area contributed by atoms with Crippen molar-refractivity contribution in [1.29, 1.82) is 0 Å². The molecular weight excluding hydrogens is 432 g/mol. The van der Waals surface area contributed by atoms with Gasteiger partial charge in [-0.25, -0.2) is 9.78 Å². The van der Waals surface area contributed by atoms with Gasteiger partial charge in [0.15, 0.2) is 5.52 Å². The standard InChI is InChI=1S/C26H36N4O4/c1-7-12-21-22-23(29(6)28-21)24(31)30(18(4)27-22)16-11-14-19-13-10-15-20(17-19)34-26(5,8-2)25(32)33-9-3/h10,13,15,17H,7-9,11-12,14,16H2,1-6H3. The molecule has 3 rings (SSSR count). The Labute approximate surface area is 200 Å². The highest BCUT2D eigenvalue weighted by molar-refractivity contribution is 5.79. The Morgan fingerprint density at radius 2 is 1.94 bits per heavy atom. The number of aryl methyl sites for hydroxylation is 4. The average Bonchev–Trinajstić information content (AvgIpc) is 3.11. The van der Waals surface area contributed by atoms with Gasteiger partial charge in [0.25, 0.3) is 5.56 Å². The second-order valence-electron chi connectivity index (χ2n) is 8.79. The van der Waals surface area contributed by atoms with Crippen molar-refractivity contribution in [2.24, 2.45) is 7.05 Å². The average molecular weight is 469 g/mol. The molecule has 0 spiro atoms. The maximum Gasteiger partial charge on any atom is 0.350 e. The van der Waals surface area contributed by atoms with E-state index < -0.39 is 5.60 Å². The molecule has 2 heterocycles. The Hall–Kier alpha value is -3.16. The van der Waals surface area contributed by atoms with Crippen LogP contribution in [0.3, 0.4) is 0 Å². The van der Waals surface area contributed by atoms with Gasteiger partial charge < -0.3 is 9.47 Å². The summed E-state index contributed by atoms with van der Waals surface area (Å²) in [6, 6.07) is 7.74. The van der Waals surface area contributed by atoms with Crippen molar-refractivity contribution < 1.29 is 14.3 Å². The van der Waals surface area contributed by atoms with Gasteiger partial charge in [-0.2, -0.15) is 5.10 Å². The molecule has 0 N–H and O–H groups in total. The van der Waals surface area contributed by atoms with Crippen LogP contribution < -0.4 is 10.3 Å². The quantitative estimate of drug-likeness (QED) is 0.393. The van der Waals surface area contributed by atoms with Crippen LogP contribution in [-0.2, 0) is 36.0 Å². The highest BCUT2D eigenvalue weighted by atomic mass is 16.6. The minimum absolute atomic E-state index is 0.0508. The van der Waals surface area contributed by atoms with Crippen molar-refractivity contribution in [1.82, 2.24) is 19.3 Å². The fourth-order valence-electron chi connectivity index (χ4n) is 4.10. The van der Waals surface area contributed by atoms with E-state index in [2.05, 4.69) is 12.0 Å². The first-order valence-electron chi connectivity index (χ1n) is 12.1. The first kappa shape index (κ1) is 25.5. The second kappa shape index (κ2) is 10.8. The molecule has 1 atom stereocenters. The second-order valence-corrected chi connectivity index (χ2v) is 8.79. The summed E-state index contributed by atoms with van der Waals surface area (Å²) in [7, 11) is 1.80. The Morgan fingerprint density at radius 3 is 2.62 bits per heavy atom. The summed E-state index contributed by atoms with van der Waals surface area (Å²) in [5, 5.41) is 4.51. The minimum atomic E-state index is -1.03. The number of fused-ring (bicyclic) bond motifs is 1. The van der Waals surface area contributed by atoms with E-state index in [-0.39, 0.29) is 11.5 Å². The van der Waals surface area contributed by atoms with E-state index in [1.807, 2.05) is 38.1 Å². The number of nitrogens with zero attached hydrogens (tertiary/aromatic N) is 4. The number of hydrogen-bond acceptors (Lipinski definition) is 6. The summed E-state index contributed by atoms with van der Waals surface area (Å²) in [6.07, 6.45) is 3.78. The zero-order chi connectivity index (χ0) is 24.9. The molecule has 8 heteroatoms. The Balaban J connectivity index is 1.73. The lowest BCUT2D eigenvalue weighted by Gasteiger charge is -2.27. The molecule has 0 saturated carbocycles. The number of esters is 1. The van der Waals surface area contributed by atoms with Crippen molar-refractivity contribution in [3.63, 3.8) is 0 Å². The molecule has 1 unspecified atom stereocenters. The number of benzene rings is 1. The third-order valence-corrected chi connectivity index (χ3v) is 6.16.